The Kier molecular flexibility index (Phi) is 2.97. The lowest BCUT2D eigenvalue weighted by molar-refractivity contribution is -0.134. The molecule has 6 heteroatoms. The van der Waals surface area contributed by atoms with Crippen molar-refractivity contribution < 1.29 is 13.2 Å². The Hall–Kier alpha value is -0.620. The Labute approximate surface area is 89.7 Å². The Morgan fingerprint density at radius 1 is 1.40 bits per heavy atom. The van der Waals surface area contributed by atoms with E-state index in [1.165, 1.54) is 0 Å². The summed E-state index contributed by atoms with van der Waals surface area (Å²) >= 11 is 0. The summed E-state index contributed by atoms with van der Waals surface area (Å²) in [5, 5.41) is 2.98. The van der Waals surface area contributed by atoms with Gasteiger partial charge in [0.2, 0.25) is 5.91 Å². The number of carbonyl (C=O) groups excluding carboxylic acids is 1. The molecule has 0 bridgehead atoms. The van der Waals surface area contributed by atoms with Crippen LogP contribution in [0.3, 0.4) is 0 Å². The molecule has 1 atom stereocenters. The van der Waals surface area contributed by atoms with Gasteiger partial charge in [0, 0.05) is 19.1 Å². The molecule has 0 aliphatic carbocycles. The van der Waals surface area contributed by atoms with E-state index in [-0.39, 0.29) is 23.5 Å². The molecule has 0 aromatic rings. The van der Waals surface area contributed by atoms with Crippen LogP contribution in [0.1, 0.15) is 12.8 Å². The number of piperazine rings is 1. The minimum Gasteiger partial charge on any atom is -0.336 e. The second kappa shape index (κ2) is 4.09. The van der Waals surface area contributed by atoms with Crippen molar-refractivity contribution >= 4 is 15.7 Å². The molecule has 0 saturated carbocycles. The van der Waals surface area contributed by atoms with Crippen molar-refractivity contribution in [2.45, 2.75) is 18.9 Å². The molecule has 1 N–H and O–H groups in total. The fourth-order valence-electron chi connectivity index (χ4n) is 2.25. The van der Waals surface area contributed by atoms with Gasteiger partial charge in [-0.3, -0.25) is 4.79 Å². The topological polar surface area (TPSA) is 66.5 Å². The number of sulfone groups is 1. The molecule has 2 aliphatic heterocycles. The van der Waals surface area contributed by atoms with Crippen LogP contribution in [-0.4, -0.2) is 56.4 Å². The zero-order valence-electron chi connectivity index (χ0n) is 8.61. The van der Waals surface area contributed by atoms with Crippen LogP contribution in [0.2, 0.25) is 0 Å². The van der Waals surface area contributed by atoms with Crippen LogP contribution in [0.25, 0.3) is 0 Å². The zero-order chi connectivity index (χ0) is 10.9. The van der Waals surface area contributed by atoms with Crippen molar-refractivity contribution in [2.24, 2.45) is 0 Å². The highest BCUT2D eigenvalue weighted by atomic mass is 32.2. The largest absolute Gasteiger partial charge is 0.336 e. The van der Waals surface area contributed by atoms with Crippen LogP contribution < -0.4 is 5.32 Å². The highest BCUT2D eigenvalue weighted by Gasteiger charge is 2.32. The molecule has 1 amide bonds. The maximum atomic E-state index is 11.6. The maximum Gasteiger partial charge on any atom is 0.236 e. The van der Waals surface area contributed by atoms with E-state index < -0.39 is 9.84 Å². The molecule has 0 aromatic heterocycles. The van der Waals surface area contributed by atoms with E-state index in [0.29, 0.717) is 19.5 Å². The van der Waals surface area contributed by atoms with Crippen molar-refractivity contribution in [3.8, 4) is 0 Å². The van der Waals surface area contributed by atoms with Crippen molar-refractivity contribution in [1.29, 1.82) is 0 Å². The average molecular weight is 232 g/mol. The monoisotopic (exact) mass is 232 g/mol. The standard InChI is InChI=1S/C9H16N2O3S/c12-9-6-10-3-4-11(9)8-2-1-5-15(13,14)7-8/h8,10H,1-7H2. The van der Waals surface area contributed by atoms with E-state index in [0.717, 1.165) is 13.0 Å². The predicted octanol–water partition coefficient (Wildman–Crippen LogP) is -1.00. The van der Waals surface area contributed by atoms with Crippen molar-refractivity contribution in [1.82, 2.24) is 10.2 Å². The summed E-state index contributed by atoms with van der Waals surface area (Å²) in [5.74, 6) is 0.464. The fraction of sp³-hybridized carbons (Fsp3) is 0.889. The van der Waals surface area contributed by atoms with E-state index in [4.69, 9.17) is 0 Å². The lowest BCUT2D eigenvalue weighted by Gasteiger charge is -2.36. The van der Waals surface area contributed by atoms with Gasteiger partial charge in [-0.05, 0) is 12.8 Å². The molecule has 0 aromatic carbocycles. The van der Waals surface area contributed by atoms with Crippen molar-refractivity contribution in [3.63, 3.8) is 0 Å². The van der Waals surface area contributed by atoms with Gasteiger partial charge in [0.25, 0.3) is 0 Å². The third-order valence-electron chi connectivity index (χ3n) is 3.01. The fourth-order valence-corrected chi connectivity index (χ4v) is 3.96. The smallest absolute Gasteiger partial charge is 0.236 e. The van der Waals surface area contributed by atoms with E-state index in [1.807, 2.05) is 0 Å². The van der Waals surface area contributed by atoms with Gasteiger partial charge in [-0.2, -0.15) is 0 Å². The van der Waals surface area contributed by atoms with Gasteiger partial charge in [0.15, 0.2) is 9.84 Å². The first-order chi connectivity index (χ1) is 7.08. The SMILES string of the molecule is O=C1CNCCN1C1CCCS(=O)(=O)C1. The van der Waals surface area contributed by atoms with Gasteiger partial charge in [0.05, 0.1) is 18.1 Å². The number of carbonyl (C=O) groups is 1. The molecule has 86 valence electrons. The number of amides is 1. The summed E-state index contributed by atoms with van der Waals surface area (Å²) in [6.07, 6.45) is 1.51. The van der Waals surface area contributed by atoms with Crippen LogP contribution >= 0.6 is 0 Å². The van der Waals surface area contributed by atoms with Crippen LogP contribution in [0, 0.1) is 0 Å². The van der Waals surface area contributed by atoms with Crippen LogP contribution in [-0.2, 0) is 14.6 Å². The highest BCUT2D eigenvalue weighted by Crippen LogP contribution is 2.18. The molecular formula is C9H16N2O3S. The second-order valence-electron chi connectivity index (χ2n) is 4.17. The summed E-state index contributed by atoms with van der Waals surface area (Å²) in [4.78, 5) is 13.3. The van der Waals surface area contributed by atoms with Crippen LogP contribution in [0.5, 0.6) is 0 Å². The summed E-state index contributed by atoms with van der Waals surface area (Å²) < 4.78 is 22.9. The van der Waals surface area contributed by atoms with Gasteiger partial charge in [-0.1, -0.05) is 0 Å². The Morgan fingerprint density at radius 2 is 2.20 bits per heavy atom. The number of hydrogen-bond donors (Lipinski definition) is 1. The van der Waals surface area contributed by atoms with E-state index in [2.05, 4.69) is 5.32 Å². The molecular weight excluding hydrogens is 216 g/mol. The normalized spacial score (nSPS) is 31.6. The maximum absolute atomic E-state index is 11.6. The van der Waals surface area contributed by atoms with Gasteiger partial charge in [-0.15, -0.1) is 0 Å². The number of nitrogens with zero attached hydrogens (tertiary/aromatic N) is 1. The van der Waals surface area contributed by atoms with Gasteiger partial charge < -0.3 is 10.2 Å². The lowest BCUT2D eigenvalue weighted by Crippen LogP contribution is -2.55. The highest BCUT2D eigenvalue weighted by molar-refractivity contribution is 7.91. The lowest BCUT2D eigenvalue weighted by atomic mass is 10.1. The molecule has 2 rings (SSSR count). The summed E-state index contributed by atoms with van der Waals surface area (Å²) in [7, 11) is -2.92. The molecule has 2 aliphatic rings. The minimum atomic E-state index is -2.92. The Balaban J connectivity index is 2.06. The van der Waals surface area contributed by atoms with Crippen LogP contribution in [0.15, 0.2) is 0 Å². The van der Waals surface area contributed by atoms with Gasteiger partial charge >= 0.3 is 0 Å². The van der Waals surface area contributed by atoms with Crippen molar-refractivity contribution in [3.05, 3.63) is 0 Å². The Morgan fingerprint density at radius 3 is 2.87 bits per heavy atom. The third-order valence-corrected chi connectivity index (χ3v) is 4.81. The average Bonchev–Trinajstić information content (AvgIpc) is 2.17. The zero-order valence-corrected chi connectivity index (χ0v) is 9.42. The third kappa shape index (κ3) is 2.49. The van der Waals surface area contributed by atoms with Crippen LogP contribution in [0.4, 0.5) is 0 Å². The molecule has 0 radical (unpaired) electrons. The second-order valence-corrected chi connectivity index (χ2v) is 6.40. The summed E-state index contributed by atoms with van der Waals surface area (Å²) in [5.41, 5.74) is 0. The number of hydrogen-bond acceptors (Lipinski definition) is 4. The summed E-state index contributed by atoms with van der Waals surface area (Å²) in [6, 6.07) is -0.0849. The van der Waals surface area contributed by atoms with E-state index in [1.54, 1.807) is 4.90 Å². The number of nitrogens with one attached hydrogen (secondary N) is 1. The quantitative estimate of drug-likeness (QED) is 0.629. The Bertz CT molecular complexity index is 352. The van der Waals surface area contributed by atoms with E-state index in [9.17, 15) is 13.2 Å². The molecule has 2 saturated heterocycles. The first-order valence-electron chi connectivity index (χ1n) is 5.29. The molecule has 2 fully saturated rings. The summed E-state index contributed by atoms with van der Waals surface area (Å²) in [6.45, 7) is 1.75. The van der Waals surface area contributed by atoms with E-state index >= 15 is 0 Å². The first-order valence-corrected chi connectivity index (χ1v) is 7.11. The van der Waals surface area contributed by atoms with Gasteiger partial charge in [0.1, 0.15) is 0 Å². The molecule has 15 heavy (non-hydrogen) atoms. The predicted molar refractivity (Wildman–Crippen MR) is 56.3 cm³/mol. The van der Waals surface area contributed by atoms with Crippen molar-refractivity contribution in [2.75, 3.05) is 31.1 Å². The first kappa shape index (κ1) is 10.9. The molecule has 5 nitrogen and oxygen atoms in total. The molecule has 2 heterocycles. The molecule has 0 spiro atoms. The van der Waals surface area contributed by atoms with Gasteiger partial charge in [-0.25, -0.2) is 8.42 Å². The minimum absolute atomic E-state index is 0.0309. The number of rotatable bonds is 1. The molecule has 1 unspecified atom stereocenters.